The van der Waals surface area contributed by atoms with E-state index in [4.69, 9.17) is 0 Å². The first kappa shape index (κ1) is 13.5. The van der Waals surface area contributed by atoms with Crippen LogP contribution < -0.4 is 0 Å². The predicted octanol–water partition coefficient (Wildman–Crippen LogP) is 3.15. The van der Waals surface area contributed by atoms with E-state index < -0.39 is 29.4 Å². The van der Waals surface area contributed by atoms with Crippen molar-refractivity contribution in [3.63, 3.8) is 0 Å². The molecule has 0 saturated heterocycles. The van der Waals surface area contributed by atoms with Crippen molar-refractivity contribution in [2.75, 3.05) is 0 Å². The van der Waals surface area contributed by atoms with Crippen molar-refractivity contribution in [2.45, 2.75) is 26.7 Å². The van der Waals surface area contributed by atoms with E-state index >= 15 is 0 Å². The molecule has 0 aromatic heterocycles. The molecule has 1 unspecified atom stereocenters. The molecule has 0 heterocycles. The van der Waals surface area contributed by atoms with Gasteiger partial charge in [-0.25, -0.2) is 8.78 Å². The SMILES string of the molecule is CCC(C)C(=O)CC(=O)c1c(F)cccc1F. The molecule has 0 N–H and O–H groups in total. The second-order valence-electron chi connectivity index (χ2n) is 3.97. The standard InChI is InChI=1S/C13H14F2O2/c1-3-8(2)11(16)7-12(17)13-9(14)5-4-6-10(13)15/h4-6,8H,3,7H2,1-2H3. The predicted molar refractivity (Wildman–Crippen MR) is 59.8 cm³/mol. The van der Waals surface area contributed by atoms with Gasteiger partial charge in [0.25, 0.3) is 0 Å². The Morgan fingerprint density at radius 3 is 2.24 bits per heavy atom. The fourth-order valence-corrected chi connectivity index (χ4v) is 1.41. The molecule has 0 aliphatic rings. The molecule has 1 aromatic carbocycles. The molecule has 1 aromatic rings. The third-order valence-corrected chi connectivity index (χ3v) is 2.74. The van der Waals surface area contributed by atoms with E-state index in [-0.39, 0.29) is 11.7 Å². The minimum atomic E-state index is -0.924. The number of Topliss-reactive ketones (excluding diaryl/α,β-unsaturated/α-hetero) is 2. The van der Waals surface area contributed by atoms with E-state index in [2.05, 4.69) is 0 Å². The molecule has 0 saturated carbocycles. The number of carbonyl (C=O) groups excluding carboxylic acids is 2. The summed E-state index contributed by atoms with van der Waals surface area (Å²) < 4.78 is 26.5. The Balaban J connectivity index is 2.88. The van der Waals surface area contributed by atoms with E-state index in [0.717, 1.165) is 12.1 Å². The first-order chi connectivity index (χ1) is 7.97. The Morgan fingerprint density at radius 1 is 1.24 bits per heavy atom. The number of hydrogen-bond acceptors (Lipinski definition) is 2. The molecule has 0 spiro atoms. The normalized spacial score (nSPS) is 12.2. The van der Waals surface area contributed by atoms with Gasteiger partial charge in [-0.2, -0.15) is 0 Å². The molecule has 2 nitrogen and oxygen atoms in total. The first-order valence-corrected chi connectivity index (χ1v) is 5.47. The van der Waals surface area contributed by atoms with Crippen LogP contribution in [-0.2, 0) is 4.79 Å². The molecule has 0 bridgehead atoms. The van der Waals surface area contributed by atoms with E-state index in [0.29, 0.717) is 6.42 Å². The third-order valence-electron chi connectivity index (χ3n) is 2.74. The maximum Gasteiger partial charge on any atom is 0.176 e. The summed E-state index contributed by atoms with van der Waals surface area (Å²) in [6.07, 6.45) is 0.152. The molecule has 0 fully saturated rings. The lowest BCUT2D eigenvalue weighted by Crippen LogP contribution is -2.17. The van der Waals surface area contributed by atoms with Gasteiger partial charge < -0.3 is 0 Å². The van der Waals surface area contributed by atoms with Crippen LogP contribution in [0.3, 0.4) is 0 Å². The summed E-state index contributed by atoms with van der Waals surface area (Å²) in [6.45, 7) is 3.50. The molecule has 4 heteroatoms. The molecular weight excluding hydrogens is 226 g/mol. The third kappa shape index (κ3) is 3.19. The highest BCUT2D eigenvalue weighted by Crippen LogP contribution is 2.16. The number of hydrogen-bond donors (Lipinski definition) is 0. The Bertz CT molecular complexity index is 421. The molecule has 1 atom stereocenters. The molecule has 0 aliphatic carbocycles. The van der Waals surface area contributed by atoms with Gasteiger partial charge in [0.2, 0.25) is 0 Å². The van der Waals surface area contributed by atoms with Crippen LogP contribution in [0.4, 0.5) is 8.78 Å². The van der Waals surface area contributed by atoms with Crippen molar-refractivity contribution >= 4 is 11.6 Å². The average molecular weight is 240 g/mol. The van der Waals surface area contributed by atoms with Crippen LogP contribution in [0.25, 0.3) is 0 Å². The van der Waals surface area contributed by atoms with Crippen LogP contribution >= 0.6 is 0 Å². The largest absolute Gasteiger partial charge is 0.299 e. The second kappa shape index (κ2) is 5.66. The minimum absolute atomic E-state index is 0.270. The van der Waals surface area contributed by atoms with Crippen molar-refractivity contribution in [1.29, 1.82) is 0 Å². The summed E-state index contributed by atoms with van der Waals surface area (Å²) in [4.78, 5) is 23.1. The van der Waals surface area contributed by atoms with Crippen LogP contribution in [0.15, 0.2) is 18.2 Å². The number of benzene rings is 1. The Hall–Kier alpha value is -1.58. The number of ketones is 2. The van der Waals surface area contributed by atoms with Crippen LogP contribution in [-0.4, -0.2) is 11.6 Å². The van der Waals surface area contributed by atoms with Gasteiger partial charge >= 0.3 is 0 Å². The topological polar surface area (TPSA) is 34.1 Å². The van der Waals surface area contributed by atoms with Crippen LogP contribution in [0.1, 0.15) is 37.0 Å². The van der Waals surface area contributed by atoms with Gasteiger partial charge in [0, 0.05) is 5.92 Å². The average Bonchev–Trinajstić information content (AvgIpc) is 2.27. The first-order valence-electron chi connectivity index (χ1n) is 5.47. The molecule has 17 heavy (non-hydrogen) atoms. The van der Waals surface area contributed by atoms with Gasteiger partial charge in [0.1, 0.15) is 17.4 Å². The molecule has 0 amide bonds. The second-order valence-corrected chi connectivity index (χ2v) is 3.97. The van der Waals surface area contributed by atoms with Crippen molar-refractivity contribution in [3.8, 4) is 0 Å². The maximum atomic E-state index is 13.3. The zero-order chi connectivity index (χ0) is 13.0. The highest BCUT2D eigenvalue weighted by molar-refractivity contribution is 6.08. The zero-order valence-electron chi connectivity index (χ0n) is 9.80. The molecule has 0 aliphatic heterocycles. The zero-order valence-corrected chi connectivity index (χ0v) is 9.80. The van der Waals surface area contributed by atoms with Gasteiger partial charge in [-0.05, 0) is 18.6 Å². The Labute approximate surface area is 98.6 Å². The van der Waals surface area contributed by atoms with Crippen molar-refractivity contribution in [1.82, 2.24) is 0 Å². The van der Waals surface area contributed by atoms with Crippen molar-refractivity contribution in [2.24, 2.45) is 5.92 Å². The molecular formula is C13H14F2O2. The lowest BCUT2D eigenvalue weighted by Gasteiger charge is -2.07. The number of rotatable bonds is 5. The van der Waals surface area contributed by atoms with Crippen LogP contribution in [0.5, 0.6) is 0 Å². The maximum absolute atomic E-state index is 13.3. The molecule has 92 valence electrons. The summed E-state index contributed by atoms with van der Waals surface area (Å²) in [6, 6.07) is 3.19. The number of carbonyl (C=O) groups is 2. The van der Waals surface area contributed by atoms with E-state index in [9.17, 15) is 18.4 Å². The lowest BCUT2D eigenvalue weighted by molar-refractivity contribution is -0.121. The highest BCUT2D eigenvalue weighted by Gasteiger charge is 2.21. The molecule has 1 rings (SSSR count). The number of halogens is 2. The summed E-state index contributed by atoms with van der Waals surface area (Å²) in [5.74, 6) is -3.21. The minimum Gasteiger partial charge on any atom is -0.299 e. The monoisotopic (exact) mass is 240 g/mol. The Kier molecular flexibility index (Phi) is 4.49. The van der Waals surface area contributed by atoms with E-state index in [1.807, 2.05) is 6.92 Å². The van der Waals surface area contributed by atoms with Crippen LogP contribution in [0.2, 0.25) is 0 Å². The highest BCUT2D eigenvalue weighted by atomic mass is 19.1. The summed E-state index contributed by atoms with van der Waals surface area (Å²) in [7, 11) is 0. The Morgan fingerprint density at radius 2 is 1.76 bits per heavy atom. The lowest BCUT2D eigenvalue weighted by atomic mass is 9.96. The van der Waals surface area contributed by atoms with Gasteiger partial charge in [-0.15, -0.1) is 0 Å². The van der Waals surface area contributed by atoms with E-state index in [1.54, 1.807) is 6.92 Å². The van der Waals surface area contributed by atoms with E-state index in [1.165, 1.54) is 6.07 Å². The smallest absolute Gasteiger partial charge is 0.176 e. The summed E-state index contributed by atoms with van der Waals surface area (Å²) in [5, 5.41) is 0. The fourth-order valence-electron chi connectivity index (χ4n) is 1.41. The van der Waals surface area contributed by atoms with Gasteiger partial charge in [-0.3, -0.25) is 9.59 Å². The van der Waals surface area contributed by atoms with Crippen molar-refractivity contribution < 1.29 is 18.4 Å². The van der Waals surface area contributed by atoms with Crippen LogP contribution in [0, 0.1) is 17.6 Å². The van der Waals surface area contributed by atoms with Gasteiger partial charge in [-0.1, -0.05) is 19.9 Å². The van der Waals surface area contributed by atoms with Crippen molar-refractivity contribution in [3.05, 3.63) is 35.4 Å². The quantitative estimate of drug-likeness (QED) is 0.585. The van der Waals surface area contributed by atoms with Gasteiger partial charge in [0.15, 0.2) is 5.78 Å². The summed E-state index contributed by atoms with van der Waals surface area (Å²) in [5.41, 5.74) is -0.621. The summed E-state index contributed by atoms with van der Waals surface area (Å²) >= 11 is 0. The fraction of sp³-hybridized carbons (Fsp3) is 0.385. The molecule has 0 radical (unpaired) electrons. The van der Waals surface area contributed by atoms with Gasteiger partial charge in [0.05, 0.1) is 12.0 Å².